The lowest BCUT2D eigenvalue weighted by molar-refractivity contribution is 0.256. The smallest absolute Gasteiger partial charge is 0.124 e. The van der Waals surface area contributed by atoms with Crippen molar-refractivity contribution < 1.29 is 4.39 Å². The maximum atomic E-state index is 12.9. The second kappa shape index (κ2) is 5.34. The molecule has 2 rings (SSSR count). The Balaban J connectivity index is 2.06. The summed E-state index contributed by atoms with van der Waals surface area (Å²) in [4.78, 5) is 2.36. The highest BCUT2D eigenvalue weighted by molar-refractivity contribution is 6.31. The predicted octanol–water partition coefficient (Wildman–Crippen LogP) is 2.65. The van der Waals surface area contributed by atoms with Gasteiger partial charge in [0.2, 0.25) is 0 Å². The number of likely N-dealkylation sites (tertiary alicyclic amines) is 1. The van der Waals surface area contributed by atoms with E-state index in [4.69, 9.17) is 17.3 Å². The summed E-state index contributed by atoms with van der Waals surface area (Å²) in [6.07, 6.45) is 1.13. The van der Waals surface area contributed by atoms with Gasteiger partial charge in [0.05, 0.1) is 0 Å². The van der Waals surface area contributed by atoms with Gasteiger partial charge in [-0.25, -0.2) is 4.39 Å². The first-order valence-corrected chi connectivity index (χ1v) is 6.36. The molecule has 4 heteroatoms. The Kier molecular flexibility index (Phi) is 4.02. The first kappa shape index (κ1) is 12.8. The fourth-order valence-corrected chi connectivity index (χ4v) is 2.70. The lowest BCUT2D eigenvalue weighted by Crippen LogP contribution is -2.27. The van der Waals surface area contributed by atoms with Crippen LogP contribution < -0.4 is 5.73 Å². The van der Waals surface area contributed by atoms with Gasteiger partial charge in [-0.1, -0.05) is 17.7 Å². The minimum Gasteiger partial charge on any atom is -0.330 e. The topological polar surface area (TPSA) is 29.3 Å². The molecule has 2 nitrogen and oxygen atoms in total. The molecule has 1 fully saturated rings. The monoisotopic (exact) mass is 256 g/mol. The zero-order valence-electron chi connectivity index (χ0n) is 10.00. The lowest BCUT2D eigenvalue weighted by atomic mass is 10.1. The van der Waals surface area contributed by atoms with Crippen LogP contribution in [0.2, 0.25) is 5.02 Å². The second-order valence-electron chi connectivity index (χ2n) is 4.85. The molecule has 1 heterocycles. The number of benzene rings is 1. The van der Waals surface area contributed by atoms with Crippen molar-refractivity contribution in [3.8, 4) is 0 Å². The molecule has 2 atom stereocenters. The molecule has 0 saturated carbocycles. The fraction of sp³-hybridized carbons (Fsp3) is 0.538. The van der Waals surface area contributed by atoms with Gasteiger partial charge in [-0.15, -0.1) is 0 Å². The highest BCUT2D eigenvalue weighted by Gasteiger charge is 2.28. The number of halogens is 2. The molecule has 1 aliphatic rings. The van der Waals surface area contributed by atoms with Crippen molar-refractivity contribution >= 4 is 11.6 Å². The van der Waals surface area contributed by atoms with Gasteiger partial charge in [-0.05, 0) is 43.5 Å². The van der Waals surface area contributed by atoms with Crippen LogP contribution in [-0.4, -0.2) is 24.0 Å². The van der Waals surface area contributed by atoms with Crippen LogP contribution in [-0.2, 0) is 6.54 Å². The Morgan fingerprint density at radius 1 is 1.53 bits per heavy atom. The molecule has 0 radical (unpaired) electrons. The summed E-state index contributed by atoms with van der Waals surface area (Å²) in [5.41, 5.74) is 6.68. The Bertz CT molecular complexity index is 397. The average molecular weight is 257 g/mol. The van der Waals surface area contributed by atoms with Crippen molar-refractivity contribution in [1.29, 1.82) is 0 Å². The van der Waals surface area contributed by atoms with E-state index in [1.165, 1.54) is 12.1 Å². The van der Waals surface area contributed by atoms with Gasteiger partial charge in [0, 0.05) is 24.2 Å². The van der Waals surface area contributed by atoms with Crippen LogP contribution in [0.25, 0.3) is 0 Å². The first-order valence-electron chi connectivity index (χ1n) is 5.98. The van der Waals surface area contributed by atoms with Crippen molar-refractivity contribution in [3.05, 3.63) is 34.6 Å². The van der Waals surface area contributed by atoms with Gasteiger partial charge in [-0.2, -0.15) is 0 Å². The van der Waals surface area contributed by atoms with Gasteiger partial charge >= 0.3 is 0 Å². The zero-order valence-corrected chi connectivity index (χ0v) is 10.8. The van der Waals surface area contributed by atoms with Gasteiger partial charge in [0.15, 0.2) is 0 Å². The standard InChI is InChI=1S/C13H18ClFN2/c1-9-4-10(6-16)7-17(9)8-11-2-3-12(15)5-13(11)14/h2-3,5,9-10H,4,6-8,16H2,1H3. The van der Waals surface area contributed by atoms with Crippen LogP contribution in [0.1, 0.15) is 18.9 Å². The van der Waals surface area contributed by atoms with E-state index < -0.39 is 0 Å². The van der Waals surface area contributed by atoms with Crippen LogP contribution in [0.3, 0.4) is 0 Å². The Morgan fingerprint density at radius 3 is 2.88 bits per heavy atom. The summed E-state index contributed by atoms with van der Waals surface area (Å²) in [5, 5.41) is 0.508. The van der Waals surface area contributed by atoms with E-state index in [-0.39, 0.29) is 5.82 Å². The van der Waals surface area contributed by atoms with Crippen LogP contribution in [0, 0.1) is 11.7 Å². The zero-order chi connectivity index (χ0) is 12.4. The third-order valence-electron chi connectivity index (χ3n) is 3.51. The van der Waals surface area contributed by atoms with E-state index in [1.54, 1.807) is 6.07 Å². The second-order valence-corrected chi connectivity index (χ2v) is 5.26. The van der Waals surface area contributed by atoms with E-state index in [9.17, 15) is 4.39 Å². The molecule has 0 aromatic heterocycles. The van der Waals surface area contributed by atoms with Crippen molar-refractivity contribution in [2.24, 2.45) is 11.7 Å². The molecule has 1 aromatic rings. The largest absolute Gasteiger partial charge is 0.330 e. The number of nitrogens with zero attached hydrogens (tertiary/aromatic N) is 1. The Hall–Kier alpha value is -0.640. The Labute approximate surface area is 107 Å². The molecule has 0 amide bonds. The van der Waals surface area contributed by atoms with Crippen molar-refractivity contribution in [2.75, 3.05) is 13.1 Å². The molecule has 1 saturated heterocycles. The summed E-state index contributed by atoms with van der Waals surface area (Å²) in [6.45, 7) is 4.72. The number of nitrogens with two attached hydrogens (primary N) is 1. The van der Waals surface area contributed by atoms with Crippen molar-refractivity contribution in [2.45, 2.75) is 25.9 Å². The molecule has 17 heavy (non-hydrogen) atoms. The number of hydrogen-bond acceptors (Lipinski definition) is 2. The summed E-state index contributed by atoms with van der Waals surface area (Å²) < 4.78 is 12.9. The van der Waals surface area contributed by atoms with Crippen molar-refractivity contribution in [1.82, 2.24) is 4.90 Å². The number of rotatable bonds is 3. The molecule has 94 valence electrons. The lowest BCUT2D eigenvalue weighted by Gasteiger charge is -2.21. The molecule has 1 aromatic carbocycles. The third-order valence-corrected chi connectivity index (χ3v) is 3.86. The molecule has 2 N–H and O–H groups in total. The maximum Gasteiger partial charge on any atom is 0.124 e. The minimum absolute atomic E-state index is 0.284. The van der Waals surface area contributed by atoms with E-state index in [0.29, 0.717) is 17.0 Å². The van der Waals surface area contributed by atoms with Gasteiger partial charge < -0.3 is 5.73 Å². The van der Waals surface area contributed by atoms with Gasteiger partial charge in [0.25, 0.3) is 0 Å². The summed E-state index contributed by atoms with van der Waals surface area (Å²) in [7, 11) is 0. The van der Waals surface area contributed by atoms with E-state index in [0.717, 1.165) is 31.6 Å². The molecular weight excluding hydrogens is 239 g/mol. The minimum atomic E-state index is -0.284. The predicted molar refractivity (Wildman–Crippen MR) is 68.4 cm³/mol. The van der Waals surface area contributed by atoms with Gasteiger partial charge in [0.1, 0.15) is 5.82 Å². The Morgan fingerprint density at radius 2 is 2.29 bits per heavy atom. The average Bonchev–Trinajstić information content (AvgIpc) is 2.64. The van der Waals surface area contributed by atoms with Gasteiger partial charge in [-0.3, -0.25) is 4.90 Å². The van der Waals surface area contributed by atoms with E-state index >= 15 is 0 Å². The molecular formula is C13H18ClFN2. The molecule has 1 aliphatic heterocycles. The van der Waals surface area contributed by atoms with Crippen LogP contribution in [0.4, 0.5) is 4.39 Å². The molecule has 2 unspecified atom stereocenters. The quantitative estimate of drug-likeness (QED) is 0.901. The van der Waals surface area contributed by atoms with Crippen LogP contribution in [0.5, 0.6) is 0 Å². The van der Waals surface area contributed by atoms with E-state index in [1.807, 2.05) is 0 Å². The molecule has 0 aliphatic carbocycles. The number of hydrogen-bond donors (Lipinski definition) is 1. The molecule has 0 bridgehead atoms. The highest BCUT2D eigenvalue weighted by atomic mass is 35.5. The maximum absolute atomic E-state index is 12.9. The van der Waals surface area contributed by atoms with E-state index in [2.05, 4.69) is 11.8 Å². The van der Waals surface area contributed by atoms with Crippen LogP contribution in [0.15, 0.2) is 18.2 Å². The SMILES string of the molecule is CC1CC(CN)CN1Cc1ccc(F)cc1Cl. The summed E-state index contributed by atoms with van der Waals surface area (Å²) >= 11 is 6.03. The summed E-state index contributed by atoms with van der Waals surface area (Å²) in [6, 6.07) is 5.12. The van der Waals surface area contributed by atoms with Crippen molar-refractivity contribution in [3.63, 3.8) is 0 Å². The van der Waals surface area contributed by atoms with Crippen LogP contribution >= 0.6 is 11.6 Å². The third kappa shape index (κ3) is 2.97. The summed E-state index contributed by atoms with van der Waals surface area (Å²) in [5.74, 6) is 0.289. The first-order chi connectivity index (χ1) is 8.10. The normalized spacial score (nSPS) is 25.4. The fourth-order valence-electron chi connectivity index (χ4n) is 2.48. The molecule has 0 spiro atoms. The highest BCUT2D eigenvalue weighted by Crippen LogP contribution is 2.26.